The number of benzene rings is 4. The van der Waals surface area contributed by atoms with Crippen LogP contribution >= 0.6 is 22.7 Å². The molecule has 6 N–H and O–H groups in total. The molecule has 9 rings (SSSR count). The molecule has 1 atom stereocenters. The molecule has 0 spiro atoms. The smallest absolute Gasteiger partial charge is 0.294 e. The van der Waals surface area contributed by atoms with Crippen molar-refractivity contribution >= 4 is 152 Å². The van der Waals surface area contributed by atoms with E-state index in [4.69, 9.17) is 54.1 Å². The predicted molar refractivity (Wildman–Crippen MR) is 388 cm³/mol. The van der Waals surface area contributed by atoms with Gasteiger partial charge in [0.2, 0.25) is 28.1 Å². The first kappa shape index (κ1) is 75.7. The van der Waals surface area contributed by atoms with Gasteiger partial charge in [-0.15, -0.1) is 20.5 Å². The van der Waals surface area contributed by atoms with Crippen LogP contribution < -0.4 is 50.3 Å². The van der Waals surface area contributed by atoms with E-state index < -0.39 is 59.3 Å². The second-order valence-corrected chi connectivity index (χ2v) is 27.8. The van der Waals surface area contributed by atoms with Crippen LogP contribution in [0.4, 0.5) is 79.3 Å². The molecule has 2 aliphatic heterocycles. The summed E-state index contributed by atoms with van der Waals surface area (Å²) < 4.78 is 90.6. The number of methoxy groups -OCH3 is 2. The van der Waals surface area contributed by atoms with Crippen LogP contribution in [-0.2, 0) is 55.3 Å². The second kappa shape index (κ2) is 34.7. The highest BCUT2D eigenvalue weighted by atomic mass is 32.2. The van der Waals surface area contributed by atoms with E-state index in [1.807, 2.05) is 49.6 Å². The standard InChI is InChI=1S/C66H81N17O14S4/c1-10-15-16-17-24-56-71-63(69-47-36-51(80(11-2)12-3)53(94-8)38-49(47)76-78-65-73-59(82-25-29-96-30-26-82)55(98-65)35-46(40(6)84)61(86)67-42-20-18-22-44(33-42)100(88,89)90)75-64(72-56)70-48-37-52(81(13-4)14-5)54(95-9)39-50(48)77-79-66-74-60(83-27-31-97-32-28-83)58(99-66)57(41(7)85)62(87)68-43-21-19-23-45(34-43)101(91,92)93/h18-23,33-39,57H,10-17,24-32H2,1-9H3,(H,67,86)(H,68,87)(H,88,89,90)(H,91,92,93)(H2,69,70,71,72,75)/b46-35+,78-76?,79-77?. The summed E-state index contributed by atoms with van der Waals surface area (Å²) >= 11 is 2.04. The number of morpholine rings is 2. The molecular weight excluding hydrogens is 1380 g/mol. The van der Waals surface area contributed by atoms with E-state index in [9.17, 15) is 45.1 Å². The first-order valence-corrected chi connectivity index (χ1v) is 37.2. The molecule has 35 heteroatoms. The fourth-order valence-corrected chi connectivity index (χ4v) is 14.0. The van der Waals surface area contributed by atoms with Crippen molar-refractivity contribution in [3.63, 3.8) is 0 Å². The minimum atomic E-state index is -4.62. The molecule has 2 saturated heterocycles. The number of thiazole rings is 2. The highest BCUT2D eigenvalue weighted by Crippen LogP contribution is 2.45. The monoisotopic (exact) mass is 1460 g/mol. The second-order valence-electron chi connectivity index (χ2n) is 23.0. The summed E-state index contributed by atoms with van der Waals surface area (Å²) in [5.74, 6) is -1.84. The molecule has 538 valence electrons. The van der Waals surface area contributed by atoms with Crippen molar-refractivity contribution in [1.29, 1.82) is 0 Å². The molecule has 31 nitrogen and oxygen atoms in total. The molecule has 101 heavy (non-hydrogen) atoms. The highest BCUT2D eigenvalue weighted by Gasteiger charge is 2.35. The zero-order valence-corrected chi connectivity index (χ0v) is 60.6. The highest BCUT2D eigenvalue weighted by molar-refractivity contribution is 7.86. The van der Waals surface area contributed by atoms with Crippen molar-refractivity contribution in [2.24, 2.45) is 20.5 Å². The zero-order chi connectivity index (χ0) is 72.5. The maximum Gasteiger partial charge on any atom is 0.294 e. The molecule has 0 radical (unpaired) electrons. The normalized spacial score (nSPS) is 14.1. The van der Waals surface area contributed by atoms with Gasteiger partial charge in [0, 0.05) is 82.3 Å². The van der Waals surface area contributed by atoms with E-state index in [0.717, 1.165) is 66.6 Å². The number of hydrogen-bond acceptors (Lipinski definition) is 29. The van der Waals surface area contributed by atoms with Crippen molar-refractivity contribution in [1.82, 2.24) is 24.9 Å². The average Bonchev–Trinajstić information content (AvgIpc) is 1.78. The van der Waals surface area contributed by atoms with Gasteiger partial charge in [0.05, 0.1) is 88.5 Å². The molecule has 1 unspecified atom stereocenters. The van der Waals surface area contributed by atoms with Crippen LogP contribution in [0.2, 0.25) is 0 Å². The van der Waals surface area contributed by atoms with E-state index in [1.165, 1.54) is 50.3 Å². The Morgan fingerprint density at radius 1 is 0.624 bits per heavy atom. The number of nitrogens with zero attached hydrogens (tertiary/aromatic N) is 13. The molecule has 2 fully saturated rings. The number of ether oxygens (including phenoxy) is 4. The maximum absolute atomic E-state index is 14.2. The first-order valence-electron chi connectivity index (χ1n) is 32.7. The number of hydrogen-bond donors (Lipinski definition) is 6. The number of rotatable bonds is 33. The molecule has 2 aliphatic rings. The number of aromatic nitrogens is 5. The topological polar surface area (TPSA) is 389 Å². The number of ketones is 2. The summed E-state index contributed by atoms with van der Waals surface area (Å²) in [6.45, 7) is 18.1. The van der Waals surface area contributed by atoms with Gasteiger partial charge >= 0.3 is 0 Å². The summed E-state index contributed by atoms with van der Waals surface area (Å²) in [7, 11) is -6.13. The maximum atomic E-state index is 14.2. The van der Waals surface area contributed by atoms with Gasteiger partial charge in [0.1, 0.15) is 52.0 Å². The van der Waals surface area contributed by atoms with Gasteiger partial charge in [-0.3, -0.25) is 28.3 Å². The van der Waals surface area contributed by atoms with Crippen molar-refractivity contribution in [3.05, 3.63) is 93.9 Å². The number of carbonyl (C=O) groups excluding carboxylic acids is 4. The van der Waals surface area contributed by atoms with Crippen LogP contribution in [0.25, 0.3) is 6.08 Å². The number of nitrogens with one attached hydrogen (secondary N) is 4. The Kier molecular flexibility index (Phi) is 26.0. The number of anilines is 10. The predicted octanol–water partition coefficient (Wildman–Crippen LogP) is 12.0. The van der Waals surface area contributed by atoms with Gasteiger partial charge in [0.15, 0.2) is 5.78 Å². The van der Waals surface area contributed by atoms with Crippen molar-refractivity contribution < 1.29 is 64.1 Å². The third-order valence-electron chi connectivity index (χ3n) is 16.2. The third kappa shape index (κ3) is 19.5. The van der Waals surface area contributed by atoms with Crippen LogP contribution in [0, 0.1) is 0 Å². The van der Waals surface area contributed by atoms with Gasteiger partial charge in [0.25, 0.3) is 26.1 Å². The zero-order valence-electron chi connectivity index (χ0n) is 57.3. The Morgan fingerprint density at radius 2 is 1.11 bits per heavy atom. The Morgan fingerprint density at radius 3 is 1.57 bits per heavy atom. The van der Waals surface area contributed by atoms with Crippen LogP contribution in [0.3, 0.4) is 0 Å². The van der Waals surface area contributed by atoms with E-state index in [-0.39, 0.29) is 55.4 Å². The fourth-order valence-electron chi connectivity index (χ4n) is 11.0. The summed E-state index contributed by atoms with van der Waals surface area (Å²) in [5, 5.41) is 31.2. The largest absolute Gasteiger partial charge is 0.494 e. The number of Topliss-reactive ketones (excluding diaryl/α,β-unsaturated/α-hetero) is 2. The molecule has 0 aliphatic carbocycles. The third-order valence-corrected chi connectivity index (χ3v) is 19.8. The molecule has 4 aromatic carbocycles. The Balaban J connectivity index is 1.12. The van der Waals surface area contributed by atoms with Crippen molar-refractivity contribution in [2.45, 2.75) is 96.3 Å². The van der Waals surface area contributed by atoms with Crippen molar-refractivity contribution in [3.8, 4) is 11.5 Å². The lowest BCUT2D eigenvalue weighted by Crippen LogP contribution is -2.38. The first-order chi connectivity index (χ1) is 48.4. The number of aryl methyl sites for hydroxylation is 1. The van der Waals surface area contributed by atoms with Crippen LogP contribution in [0.5, 0.6) is 11.5 Å². The van der Waals surface area contributed by atoms with E-state index in [1.54, 1.807) is 26.4 Å². The summed E-state index contributed by atoms with van der Waals surface area (Å²) in [6.07, 6.45) is 5.52. The van der Waals surface area contributed by atoms with E-state index in [2.05, 4.69) is 48.2 Å². The molecule has 3 aromatic heterocycles. The Hall–Kier alpha value is -9.49. The minimum absolute atomic E-state index is 0.0197. The molecule has 7 aromatic rings. The van der Waals surface area contributed by atoms with Gasteiger partial charge in [-0.05, 0) is 103 Å². The van der Waals surface area contributed by atoms with E-state index in [0.29, 0.717) is 142 Å². The average molecular weight is 1460 g/mol. The molecular formula is C66H81N17O14S4. The molecule has 0 saturated carbocycles. The summed E-state index contributed by atoms with van der Waals surface area (Å²) in [6, 6.07) is 17.2. The van der Waals surface area contributed by atoms with Gasteiger partial charge in [-0.25, -0.2) is 0 Å². The number of azo groups is 2. The lowest BCUT2D eigenvalue weighted by Gasteiger charge is -2.28. The van der Waals surface area contributed by atoms with E-state index >= 15 is 0 Å². The van der Waals surface area contributed by atoms with Gasteiger partial charge < -0.3 is 59.8 Å². The lowest BCUT2D eigenvalue weighted by molar-refractivity contribution is -0.126. The Bertz CT molecular complexity index is 4470. The van der Waals surface area contributed by atoms with Crippen molar-refractivity contribution in [2.75, 3.05) is 134 Å². The number of carbonyl (C=O) groups is 4. The fraction of sp³-hybridized carbons (Fsp3) is 0.409. The van der Waals surface area contributed by atoms with Crippen LogP contribution in [0.1, 0.15) is 95.6 Å². The molecule has 5 heterocycles. The van der Waals surface area contributed by atoms with Crippen LogP contribution in [0.15, 0.2) is 109 Å². The number of unbranched alkanes of at least 4 members (excludes halogenated alkanes) is 3. The molecule has 0 bridgehead atoms. The quantitative estimate of drug-likeness (QED) is 0.00555. The van der Waals surface area contributed by atoms with Gasteiger partial charge in [-0.1, -0.05) is 61.0 Å². The Labute approximate surface area is 593 Å². The summed E-state index contributed by atoms with van der Waals surface area (Å²) in [5.41, 5.74) is 2.52. The minimum Gasteiger partial charge on any atom is -0.494 e. The summed E-state index contributed by atoms with van der Waals surface area (Å²) in [4.78, 5) is 87.4. The van der Waals surface area contributed by atoms with Gasteiger partial charge in [-0.2, -0.15) is 41.8 Å². The number of amides is 2. The molecule has 2 amide bonds. The SMILES string of the molecule is CCCCCCc1nc(Nc2cc(N(CC)CC)c(OC)cc2N=Nc2nc(N3CCOCC3)c(/C=C(\C(C)=O)C(=O)Nc3cccc(S(=O)(=O)O)c3)s2)nc(Nc2cc(N(CC)CC)c(OC)cc2N=Nc2nc(N3CCOCC3)c(C(C(C)=O)C(=O)Nc3cccc(S(=O)(=O)O)c3)s2)n1. The van der Waals surface area contributed by atoms with Crippen LogP contribution in [-0.4, -0.2) is 167 Å². The lowest BCUT2D eigenvalue weighted by atomic mass is 10.0.